The maximum atomic E-state index is 13.9. The van der Waals surface area contributed by atoms with Crippen LogP contribution in [0.25, 0.3) is 0 Å². The van der Waals surface area contributed by atoms with E-state index in [0.29, 0.717) is 34.1 Å². The normalized spacial score (nSPS) is 16.1. The first-order valence-corrected chi connectivity index (χ1v) is 13.6. The average Bonchev–Trinajstić information content (AvgIpc) is 2.92. The van der Waals surface area contributed by atoms with Crippen molar-refractivity contribution in [2.75, 3.05) is 42.0 Å². The number of benzene rings is 3. The van der Waals surface area contributed by atoms with Gasteiger partial charge in [-0.3, -0.25) is 9.59 Å². The number of nitrogens with zero attached hydrogens (tertiary/aromatic N) is 3. The number of carbonyl (C=O) groups excluding carboxylic acids is 3. The Labute approximate surface area is 240 Å². The van der Waals surface area contributed by atoms with Crippen LogP contribution in [0, 0.1) is 0 Å². The zero-order valence-electron chi connectivity index (χ0n) is 23.4. The second-order valence-electron chi connectivity index (χ2n) is 9.90. The molecule has 2 atom stereocenters. The SMILES string of the molecule is CCOC(=O)COc1ccc2c(c1)N(C(=O)c1ccc(N(C)C)cc1)C(C)CC2N(C(C)=O)c1ccc(Cl)cc1. The van der Waals surface area contributed by atoms with Crippen molar-refractivity contribution in [2.24, 2.45) is 0 Å². The van der Waals surface area contributed by atoms with Gasteiger partial charge >= 0.3 is 5.97 Å². The van der Waals surface area contributed by atoms with Crippen LogP contribution in [0.3, 0.4) is 0 Å². The van der Waals surface area contributed by atoms with Crippen LogP contribution in [0.15, 0.2) is 66.7 Å². The van der Waals surface area contributed by atoms with Gasteiger partial charge in [-0.15, -0.1) is 0 Å². The third-order valence-corrected chi connectivity index (χ3v) is 7.14. The molecule has 0 N–H and O–H groups in total. The summed E-state index contributed by atoms with van der Waals surface area (Å²) in [7, 11) is 3.89. The van der Waals surface area contributed by atoms with Crippen LogP contribution in [-0.2, 0) is 14.3 Å². The van der Waals surface area contributed by atoms with Crippen LogP contribution in [0.2, 0.25) is 5.02 Å². The minimum Gasteiger partial charge on any atom is -0.482 e. The number of carbonyl (C=O) groups is 3. The number of fused-ring (bicyclic) bond motifs is 1. The van der Waals surface area contributed by atoms with Gasteiger partial charge in [0.1, 0.15) is 5.75 Å². The maximum Gasteiger partial charge on any atom is 0.344 e. The fourth-order valence-electron chi connectivity index (χ4n) is 5.02. The predicted molar refractivity (Wildman–Crippen MR) is 158 cm³/mol. The minimum atomic E-state index is -0.481. The van der Waals surface area contributed by atoms with Crippen molar-refractivity contribution in [3.8, 4) is 5.75 Å². The van der Waals surface area contributed by atoms with E-state index in [1.54, 1.807) is 41.0 Å². The Hall–Kier alpha value is -4.04. The fraction of sp³-hybridized carbons (Fsp3) is 0.323. The summed E-state index contributed by atoms with van der Waals surface area (Å²) >= 11 is 6.12. The van der Waals surface area contributed by atoms with Crippen molar-refractivity contribution in [3.63, 3.8) is 0 Å². The number of esters is 1. The van der Waals surface area contributed by atoms with Crippen molar-refractivity contribution in [2.45, 2.75) is 39.3 Å². The van der Waals surface area contributed by atoms with E-state index in [9.17, 15) is 14.4 Å². The van der Waals surface area contributed by atoms with Gasteiger partial charge in [-0.05, 0) is 80.4 Å². The molecule has 0 fully saturated rings. The fourth-order valence-corrected chi connectivity index (χ4v) is 5.15. The van der Waals surface area contributed by atoms with E-state index in [-0.39, 0.29) is 37.1 Å². The minimum absolute atomic E-state index is 0.132. The molecule has 4 rings (SSSR count). The summed E-state index contributed by atoms with van der Waals surface area (Å²) in [5.74, 6) is -0.361. The van der Waals surface area contributed by atoms with Crippen molar-refractivity contribution in [1.82, 2.24) is 0 Å². The quantitative estimate of drug-likeness (QED) is 0.318. The molecule has 2 amide bonds. The van der Waals surface area contributed by atoms with Gasteiger partial charge in [-0.2, -0.15) is 0 Å². The molecule has 1 heterocycles. The second kappa shape index (κ2) is 12.4. The Morgan fingerprint density at radius 1 is 0.975 bits per heavy atom. The standard InChI is InChI=1S/C31H34ClN3O5/c1-6-39-30(37)19-40-26-15-16-27-28(35(21(3)36)25-13-9-23(32)10-14-25)17-20(2)34(29(27)18-26)31(38)22-7-11-24(12-8-22)33(4)5/h7-16,18,20,28H,6,17,19H2,1-5H3. The van der Waals surface area contributed by atoms with Crippen LogP contribution in [0.1, 0.15) is 49.2 Å². The molecule has 0 aromatic heterocycles. The highest BCUT2D eigenvalue weighted by atomic mass is 35.5. The van der Waals surface area contributed by atoms with Crippen molar-refractivity contribution < 1.29 is 23.9 Å². The molecule has 3 aromatic rings. The Morgan fingerprint density at radius 2 is 1.62 bits per heavy atom. The number of hydrogen-bond donors (Lipinski definition) is 0. The molecule has 8 nitrogen and oxygen atoms in total. The zero-order chi connectivity index (χ0) is 29.0. The Morgan fingerprint density at radius 3 is 2.23 bits per heavy atom. The molecular formula is C31H34ClN3O5. The van der Waals surface area contributed by atoms with Gasteiger partial charge in [0, 0.05) is 55.1 Å². The highest BCUT2D eigenvalue weighted by molar-refractivity contribution is 6.30. The summed E-state index contributed by atoms with van der Waals surface area (Å²) in [5, 5.41) is 0.574. The molecule has 0 radical (unpaired) electrons. The summed E-state index contributed by atoms with van der Waals surface area (Å²) in [4.78, 5) is 44.3. The van der Waals surface area contributed by atoms with Crippen molar-refractivity contribution in [3.05, 3.63) is 82.9 Å². The van der Waals surface area contributed by atoms with Crippen LogP contribution in [0.5, 0.6) is 5.75 Å². The van der Waals surface area contributed by atoms with Crippen molar-refractivity contribution >= 4 is 46.4 Å². The summed E-state index contributed by atoms with van der Waals surface area (Å²) in [5.41, 5.74) is 3.65. The number of hydrogen-bond acceptors (Lipinski definition) is 6. The van der Waals surface area contributed by atoms with E-state index < -0.39 is 5.97 Å². The number of rotatable bonds is 8. The first-order chi connectivity index (χ1) is 19.1. The predicted octanol–water partition coefficient (Wildman–Crippen LogP) is 5.88. The first kappa shape index (κ1) is 29.0. The number of halogens is 1. The molecule has 0 aliphatic carbocycles. The summed E-state index contributed by atoms with van der Waals surface area (Å²) in [6, 6.07) is 19.3. The highest BCUT2D eigenvalue weighted by Gasteiger charge is 2.38. The lowest BCUT2D eigenvalue weighted by Crippen LogP contribution is -2.47. The van der Waals surface area contributed by atoms with E-state index in [4.69, 9.17) is 21.1 Å². The van der Waals surface area contributed by atoms with Gasteiger partial charge in [0.05, 0.1) is 18.3 Å². The van der Waals surface area contributed by atoms with Gasteiger partial charge in [-0.1, -0.05) is 17.7 Å². The molecule has 0 bridgehead atoms. The molecule has 3 aromatic carbocycles. The number of amides is 2. The van der Waals surface area contributed by atoms with Gasteiger partial charge in [0.2, 0.25) is 5.91 Å². The van der Waals surface area contributed by atoms with Gasteiger partial charge in [0.25, 0.3) is 5.91 Å². The lowest BCUT2D eigenvalue weighted by atomic mass is 9.89. The van der Waals surface area contributed by atoms with Gasteiger partial charge in [-0.25, -0.2) is 4.79 Å². The maximum absolute atomic E-state index is 13.9. The van der Waals surface area contributed by atoms with Gasteiger partial charge < -0.3 is 24.2 Å². The first-order valence-electron chi connectivity index (χ1n) is 13.2. The smallest absolute Gasteiger partial charge is 0.344 e. The van der Waals surface area contributed by atoms with Crippen LogP contribution >= 0.6 is 11.6 Å². The molecular weight excluding hydrogens is 530 g/mol. The Bertz CT molecular complexity index is 1370. The highest BCUT2D eigenvalue weighted by Crippen LogP contribution is 2.44. The lowest BCUT2D eigenvalue weighted by Gasteiger charge is -2.43. The molecule has 2 unspecified atom stereocenters. The van der Waals surface area contributed by atoms with E-state index in [2.05, 4.69) is 0 Å². The van der Waals surface area contributed by atoms with E-state index in [1.807, 2.05) is 68.4 Å². The molecule has 1 aliphatic heterocycles. The third kappa shape index (κ3) is 6.23. The summed E-state index contributed by atoms with van der Waals surface area (Å²) in [6.07, 6.45) is 0.514. The monoisotopic (exact) mass is 563 g/mol. The topological polar surface area (TPSA) is 79.4 Å². The van der Waals surface area contributed by atoms with Crippen LogP contribution < -0.4 is 19.4 Å². The summed E-state index contributed by atoms with van der Waals surface area (Å²) < 4.78 is 10.7. The molecule has 40 heavy (non-hydrogen) atoms. The molecule has 0 saturated heterocycles. The molecule has 9 heteroatoms. The summed E-state index contributed by atoms with van der Waals surface area (Å²) in [6.45, 7) is 5.23. The Kier molecular flexibility index (Phi) is 9.00. The average molecular weight is 564 g/mol. The van der Waals surface area contributed by atoms with E-state index >= 15 is 0 Å². The van der Waals surface area contributed by atoms with Crippen LogP contribution in [0.4, 0.5) is 17.1 Å². The second-order valence-corrected chi connectivity index (χ2v) is 10.3. The molecule has 0 saturated carbocycles. The third-order valence-electron chi connectivity index (χ3n) is 6.89. The van der Waals surface area contributed by atoms with Crippen molar-refractivity contribution in [1.29, 1.82) is 0 Å². The Balaban J connectivity index is 1.77. The largest absolute Gasteiger partial charge is 0.482 e. The molecule has 210 valence electrons. The number of anilines is 3. The molecule has 0 spiro atoms. The lowest BCUT2D eigenvalue weighted by molar-refractivity contribution is -0.145. The van der Waals surface area contributed by atoms with Gasteiger partial charge in [0.15, 0.2) is 6.61 Å². The van der Waals surface area contributed by atoms with Crippen LogP contribution in [-0.4, -0.2) is 51.1 Å². The number of ether oxygens (including phenoxy) is 2. The zero-order valence-corrected chi connectivity index (χ0v) is 24.1. The van der Waals surface area contributed by atoms with E-state index in [1.165, 1.54) is 6.92 Å². The van der Waals surface area contributed by atoms with E-state index in [0.717, 1.165) is 11.3 Å². The molecule has 1 aliphatic rings.